The molecular weight excluding hydrogens is 620 g/mol. The van der Waals surface area contributed by atoms with E-state index in [4.69, 9.17) is 33.2 Å². The summed E-state index contributed by atoms with van der Waals surface area (Å²) in [6.07, 6.45) is -34.5. The lowest BCUT2D eigenvalue weighted by molar-refractivity contribution is -0.381. The molecule has 0 aromatic carbocycles. The lowest BCUT2D eigenvalue weighted by Gasteiger charge is -2.49. The number of carboxylic acids is 2. The molecule has 0 radical (unpaired) electrons. The van der Waals surface area contributed by atoms with Gasteiger partial charge >= 0.3 is 11.9 Å². The van der Waals surface area contributed by atoms with Gasteiger partial charge in [-0.3, -0.25) is 0 Å². The minimum Gasteiger partial charge on any atom is -0.479 e. The van der Waals surface area contributed by atoms with Gasteiger partial charge < -0.3 is 89.3 Å². The van der Waals surface area contributed by atoms with E-state index >= 15 is 0 Å². The summed E-state index contributed by atoms with van der Waals surface area (Å²) in [4.78, 5) is 23.0. The van der Waals surface area contributed by atoms with Crippen molar-refractivity contribution in [2.24, 2.45) is 0 Å². The second-order valence-electron chi connectivity index (χ2n) is 11.5. The van der Waals surface area contributed by atoms with E-state index in [1.165, 1.54) is 20.8 Å². The molecule has 0 bridgehead atoms. The van der Waals surface area contributed by atoms with Crippen LogP contribution >= 0.6 is 0 Å². The van der Waals surface area contributed by atoms with E-state index in [1.54, 1.807) is 0 Å². The second-order valence-corrected chi connectivity index (χ2v) is 11.5. The molecule has 45 heavy (non-hydrogen) atoms. The van der Waals surface area contributed by atoms with Crippen LogP contribution in [0.2, 0.25) is 0 Å². The molecule has 20 atom stereocenters. The van der Waals surface area contributed by atoms with Gasteiger partial charge in [-0.05, 0) is 20.8 Å². The maximum absolute atomic E-state index is 11.5. The van der Waals surface area contributed by atoms with Crippen molar-refractivity contribution in [1.82, 2.24) is 0 Å². The highest BCUT2D eigenvalue weighted by atomic mass is 16.8. The molecule has 4 saturated heterocycles. The fourth-order valence-corrected chi connectivity index (χ4v) is 5.67. The average molecular weight is 661 g/mol. The van der Waals surface area contributed by atoms with Gasteiger partial charge in [-0.25, -0.2) is 9.59 Å². The van der Waals surface area contributed by atoms with Crippen molar-refractivity contribution in [1.29, 1.82) is 0 Å². The number of aliphatic carboxylic acids is 2. The zero-order valence-electron chi connectivity index (χ0n) is 24.1. The number of carbonyl (C=O) groups is 2. The Morgan fingerprint density at radius 3 is 1.24 bits per heavy atom. The molecule has 11 N–H and O–H groups in total. The lowest BCUT2D eigenvalue weighted by Crippen LogP contribution is -2.67. The maximum Gasteiger partial charge on any atom is 0.335 e. The molecule has 0 saturated carbocycles. The van der Waals surface area contributed by atoms with Crippen LogP contribution in [0, 0.1) is 0 Å². The molecule has 0 spiro atoms. The van der Waals surface area contributed by atoms with Gasteiger partial charge in [-0.2, -0.15) is 0 Å². The van der Waals surface area contributed by atoms with Gasteiger partial charge in [0.2, 0.25) is 0 Å². The summed E-state index contributed by atoms with van der Waals surface area (Å²) in [5.41, 5.74) is 0. The molecule has 0 aromatic heterocycles. The molecule has 4 rings (SSSR count). The number of aliphatic hydroxyl groups is 9. The summed E-state index contributed by atoms with van der Waals surface area (Å²) in [7, 11) is 0. The lowest BCUT2D eigenvalue weighted by atomic mass is 9.94. The SMILES string of the molecule is CC1O[C@@H](O[C@H]2C(C)O[C@@H](C)C(O[C@@H]3OC(C(=O)O)[C@H](O)[C@H](O)C3O)[C@H]2O)C(O[C@@H]2OC(C(=O)O)[C@H](O)[C@H](O)C2O)[C@@H](O)[C@H]1O. The van der Waals surface area contributed by atoms with E-state index < -0.39 is 135 Å². The Kier molecular flexibility index (Phi) is 11.4. The van der Waals surface area contributed by atoms with Crippen LogP contribution in [-0.4, -0.2) is 191 Å². The van der Waals surface area contributed by atoms with Crippen molar-refractivity contribution >= 4 is 11.9 Å². The van der Waals surface area contributed by atoms with E-state index in [-0.39, 0.29) is 0 Å². The highest BCUT2D eigenvalue weighted by molar-refractivity contribution is 5.73. The van der Waals surface area contributed by atoms with Crippen molar-refractivity contribution in [3.63, 3.8) is 0 Å². The zero-order chi connectivity index (χ0) is 33.7. The number of hydrogen-bond acceptors (Lipinski definition) is 18. The van der Waals surface area contributed by atoms with Crippen LogP contribution in [0.25, 0.3) is 0 Å². The van der Waals surface area contributed by atoms with Gasteiger partial charge in [-0.1, -0.05) is 0 Å². The first-order chi connectivity index (χ1) is 21.0. The summed E-state index contributed by atoms with van der Waals surface area (Å²) < 4.78 is 38.8. The first-order valence-corrected chi connectivity index (χ1v) is 14.1. The van der Waals surface area contributed by atoms with Gasteiger partial charge in [0.25, 0.3) is 0 Å². The summed E-state index contributed by atoms with van der Waals surface area (Å²) >= 11 is 0. The molecule has 0 aliphatic carbocycles. The van der Waals surface area contributed by atoms with E-state index in [2.05, 4.69) is 0 Å². The molecule has 0 aromatic rings. The Morgan fingerprint density at radius 1 is 0.422 bits per heavy atom. The number of ether oxygens (including phenoxy) is 7. The van der Waals surface area contributed by atoms with Crippen molar-refractivity contribution in [3.05, 3.63) is 0 Å². The first kappa shape index (κ1) is 36.1. The van der Waals surface area contributed by atoms with Crippen molar-refractivity contribution in [2.75, 3.05) is 0 Å². The normalized spacial score (nSPS) is 52.7. The zero-order valence-corrected chi connectivity index (χ0v) is 24.1. The predicted octanol–water partition coefficient (Wildman–Crippen LogP) is -6.44. The van der Waals surface area contributed by atoms with E-state index in [1.807, 2.05) is 0 Å². The molecule has 4 aliphatic rings. The standard InChI is InChI=1S/C25H40O20/c1-4-7(26)10(29)20(45-24-14(33)9(28)12(31)19(44-24)22(37)38)25(40-4)42-17-6(3)39-5(2)16(15(17)34)41-23-13(32)8(27)11(30)18(43-23)21(35)36/h4-20,23-34H,1-3H3,(H,35,36)(H,37,38)/t4?,5-,6?,7-,8-,9-,10-,11+,12+,13?,14?,15+,16?,17-,18?,19?,20?,23+,24-,25-/m0/s1. The minimum atomic E-state index is -2.06. The fraction of sp³-hybridized carbons (Fsp3) is 0.920. The van der Waals surface area contributed by atoms with E-state index in [9.17, 15) is 65.8 Å². The third kappa shape index (κ3) is 7.11. The Balaban J connectivity index is 1.54. The Hall–Kier alpha value is -1.70. The summed E-state index contributed by atoms with van der Waals surface area (Å²) in [5.74, 6) is -3.37. The number of carboxylic acid groups (broad SMARTS) is 2. The topological polar surface area (TPSA) is 321 Å². The summed E-state index contributed by atoms with van der Waals surface area (Å²) in [5, 5.41) is 112. The Bertz CT molecular complexity index is 1030. The van der Waals surface area contributed by atoms with Gasteiger partial charge in [0, 0.05) is 0 Å². The van der Waals surface area contributed by atoms with Gasteiger partial charge in [0.15, 0.2) is 31.1 Å². The molecule has 260 valence electrons. The summed E-state index contributed by atoms with van der Waals surface area (Å²) in [6.45, 7) is 4.30. The van der Waals surface area contributed by atoms with Crippen LogP contribution in [0.3, 0.4) is 0 Å². The third-order valence-electron chi connectivity index (χ3n) is 8.31. The molecule has 4 fully saturated rings. The molecular formula is C25H40O20. The van der Waals surface area contributed by atoms with Gasteiger partial charge in [0.1, 0.15) is 73.2 Å². The van der Waals surface area contributed by atoms with Crippen molar-refractivity contribution in [3.8, 4) is 0 Å². The molecule has 4 heterocycles. The molecule has 20 heteroatoms. The molecule has 0 amide bonds. The number of hydrogen-bond donors (Lipinski definition) is 11. The third-order valence-corrected chi connectivity index (χ3v) is 8.31. The largest absolute Gasteiger partial charge is 0.479 e. The van der Waals surface area contributed by atoms with Crippen LogP contribution in [0.1, 0.15) is 20.8 Å². The monoisotopic (exact) mass is 660 g/mol. The highest BCUT2D eigenvalue weighted by Crippen LogP contribution is 2.34. The highest BCUT2D eigenvalue weighted by Gasteiger charge is 2.55. The van der Waals surface area contributed by atoms with E-state index in [0.29, 0.717) is 0 Å². The Labute approximate surface area is 254 Å². The minimum absolute atomic E-state index is 0.959. The predicted molar refractivity (Wildman–Crippen MR) is 136 cm³/mol. The van der Waals surface area contributed by atoms with Gasteiger partial charge in [0.05, 0.1) is 18.3 Å². The molecule has 4 aliphatic heterocycles. The Morgan fingerprint density at radius 2 is 0.822 bits per heavy atom. The second kappa shape index (κ2) is 14.2. The number of aliphatic hydroxyl groups excluding tert-OH is 9. The quantitative estimate of drug-likeness (QED) is 0.115. The van der Waals surface area contributed by atoms with Crippen LogP contribution in [-0.2, 0) is 42.7 Å². The number of rotatable bonds is 8. The van der Waals surface area contributed by atoms with Crippen LogP contribution in [0.4, 0.5) is 0 Å². The van der Waals surface area contributed by atoms with Crippen molar-refractivity contribution < 1.29 is 98.9 Å². The average Bonchev–Trinajstić information content (AvgIpc) is 2.97. The van der Waals surface area contributed by atoms with Crippen LogP contribution < -0.4 is 0 Å². The molecule has 8 unspecified atom stereocenters. The van der Waals surface area contributed by atoms with Crippen LogP contribution in [0.5, 0.6) is 0 Å². The van der Waals surface area contributed by atoms with Gasteiger partial charge in [-0.15, -0.1) is 0 Å². The van der Waals surface area contributed by atoms with E-state index in [0.717, 1.165) is 0 Å². The maximum atomic E-state index is 11.5. The fourth-order valence-electron chi connectivity index (χ4n) is 5.67. The first-order valence-electron chi connectivity index (χ1n) is 14.1. The summed E-state index contributed by atoms with van der Waals surface area (Å²) in [6, 6.07) is 0. The van der Waals surface area contributed by atoms with Crippen molar-refractivity contribution in [2.45, 2.75) is 143 Å². The smallest absolute Gasteiger partial charge is 0.335 e. The van der Waals surface area contributed by atoms with Crippen LogP contribution in [0.15, 0.2) is 0 Å². The molecule has 20 nitrogen and oxygen atoms in total.